The van der Waals surface area contributed by atoms with Crippen molar-refractivity contribution < 1.29 is 4.79 Å². The van der Waals surface area contributed by atoms with Gasteiger partial charge in [0.05, 0.1) is 34.4 Å². The first kappa shape index (κ1) is 16.6. The molecular formula is C20H18N4OS. The molecule has 0 aliphatic carbocycles. The van der Waals surface area contributed by atoms with E-state index in [1.807, 2.05) is 35.2 Å². The van der Waals surface area contributed by atoms with Gasteiger partial charge in [0.25, 0.3) is 0 Å². The maximum atomic E-state index is 12.7. The number of likely N-dealkylation sites (tertiary alicyclic amines) is 1. The smallest absolute Gasteiger partial charge is 0.242 e. The fraction of sp³-hybridized carbons (Fsp3) is 0.250. The number of carbonyl (C=O) groups is 1. The Balaban J connectivity index is 1.45. The minimum absolute atomic E-state index is 0.0719. The highest BCUT2D eigenvalue weighted by Crippen LogP contribution is 2.36. The first-order valence-electron chi connectivity index (χ1n) is 8.63. The van der Waals surface area contributed by atoms with E-state index in [1.54, 1.807) is 23.5 Å². The number of para-hydroxylation sites is 1. The van der Waals surface area contributed by atoms with Gasteiger partial charge >= 0.3 is 0 Å². The molecule has 1 amide bonds. The van der Waals surface area contributed by atoms with Crippen molar-refractivity contribution >= 4 is 33.1 Å². The van der Waals surface area contributed by atoms with E-state index in [0.29, 0.717) is 5.56 Å². The van der Waals surface area contributed by atoms with Crippen LogP contribution in [0.5, 0.6) is 0 Å². The fourth-order valence-electron chi connectivity index (χ4n) is 3.30. The third-order valence-electron chi connectivity index (χ3n) is 4.63. The molecule has 2 heterocycles. The van der Waals surface area contributed by atoms with Crippen molar-refractivity contribution in [3.63, 3.8) is 0 Å². The zero-order chi connectivity index (χ0) is 17.9. The Hall–Kier alpha value is -2.91. The van der Waals surface area contributed by atoms with E-state index in [9.17, 15) is 4.79 Å². The van der Waals surface area contributed by atoms with E-state index >= 15 is 0 Å². The van der Waals surface area contributed by atoms with E-state index in [0.717, 1.165) is 40.3 Å². The van der Waals surface area contributed by atoms with Crippen molar-refractivity contribution in [2.45, 2.75) is 18.9 Å². The summed E-state index contributed by atoms with van der Waals surface area (Å²) in [6.45, 7) is 1.02. The van der Waals surface area contributed by atoms with Crippen LogP contribution in [0.15, 0.2) is 48.5 Å². The number of fused-ring (bicyclic) bond motifs is 1. The molecule has 1 aromatic heterocycles. The number of thiazole rings is 1. The number of nitrogens with one attached hydrogen (secondary N) is 1. The molecule has 1 atom stereocenters. The van der Waals surface area contributed by atoms with Gasteiger partial charge in [0.2, 0.25) is 5.91 Å². The van der Waals surface area contributed by atoms with Crippen LogP contribution in [0.4, 0.5) is 5.69 Å². The number of benzene rings is 2. The Morgan fingerprint density at radius 1 is 1.27 bits per heavy atom. The maximum absolute atomic E-state index is 12.7. The van der Waals surface area contributed by atoms with E-state index < -0.39 is 0 Å². The third kappa shape index (κ3) is 3.26. The Morgan fingerprint density at radius 3 is 2.85 bits per heavy atom. The molecule has 6 heteroatoms. The lowest BCUT2D eigenvalue weighted by Gasteiger charge is -2.23. The monoisotopic (exact) mass is 362 g/mol. The average Bonchev–Trinajstić information content (AvgIpc) is 3.32. The molecule has 0 radical (unpaired) electrons. The van der Waals surface area contributed by atoms with Gasteiger partial charge in [0, 0.05) is 12.2 Å². The number of hydrogen-bond acceptors (Lipinski definition) is 5. The largest absolute Gasteiger partial charge is 0.376 e. The zero-order valence-electron chi connectivity index (χ0n) is 14.2. The van der Waals surface area contributed by atoms with Gasteiger partial charge in [0.1, 0.15) is 5.01 Å². The highest BCUT2D eigenvalue weighted by molar-refractivity contribution is 7.18. The molecule has 4 rings (SSSR count). The normalized spacial score (nSPS) is 16.6. The Kier molecular flexibility index (Phi) is 4.55. The number of nitriles is 1. The standard InChI is InChI=1S/C20H18N4OS/c21-12-14-7-9-15(10-8-14)22-13-19(25)24-11-3-5-17(24)20-23-16-4-1-2-6-18(16)26-20/h1-2,4,6-10,17,22H,3,5,11,13H2/t17-/m0/s1. The van der Waals surface area contributed by atoms with Gasteiger partial charge < -0.3 is 10.2 Å². The minimum atomic E-state index is 0.0719. The maximum Gasteiger partial charge on any atom is 0.242 e. The Bertz CT molecular complexity index is 940. The Morgan fingerprint density at radius 2 is 2.08 bits per heavy atom. The first-order chi connectivity index (χ1) is 12.7. The van der Waals surface area contributed by atoms with Crippen LogP contribution in [0.2, 0.25) is 0 Å². The van der Waals surface area contributed by atoms with Crippen LogP contribution in [-0.4, -0.2) is 28.9 Å². The minimum Gasteiger partial charge on any atom is -0.376 e. The van der Waals surface area contributed by atoms with Gasteiger partial charge in [0.15, 0.2) is 0 Å². The summed E-state index contributed by atoms with van der Waals surface area (Å²) < 4.78 is 1.16. The zero-order valence-corrected chi connectivity index (χ0v) is 15.0. The van der Waals surface area contributed by atoms with Crippen LogP contribution < -0.4 is 5.32 Å². The number of aromatic nitrogens is 1. The number of nitrogens with zero attached hydrogens (tertiary/aromatic N) is 3. The lowest BCUT2D eigenvalue weighted by molar-refractivity contribution is -0.130. The number of rotatable bonds is 4. The van der Waals surface area contributed by atoms with Crippen LogP contribution in [-0.2, 0) is 4.79 Å². The third-order valence-corrected chi connectivity index (χ3v) is 5.76. The number of hydrogen-bond donors (Lipinski definition) is 1. The van der Waals surface area contributed by atoms with Gasteiger partial charge in [-0.15, -0.1) is 11.3 Å². The topological polar surface area (TPSA) is 69.0 Å². The Labute approximate surface area is 155 Å². The van der Waals surface area contributed by atoms with E-state index in [-0.39, 0.29) is 18.5 Å². The quantitative estimate of drug-likeness (QED) is 0.763. The average molecular weight is 362 g/mol. The van der Waals surface area contributed by atoms with Gasteiger partial charge in [-0.1, -0.05) is 12.1 Å². The summed E-state index contributed by atoms with van der Waals surface area (Å²) >= 11 is 1.68. The first-order valence-corrected chi connectivity index (χ1v) is 9.45. The van der Waals surface area contributed by atoms with Crippen molar-refractivity contribution in [1.82, 2.24) is 9.88 Å². The molecule has 26 heavy (non-hydrogen) atoms. The van der Waals surface area contributed by atoms with Crippen LogP contribution >= 0.6 is 11.3 Å². The van der Waals surface area contributed by atoms with Crippen LogP contribution in [0.3, 0.4) is 0 Å². The highest BCUT2D eigenvalue weighted by Gasteiger charge is 2.31. The molecule has 0 unspecified atom stereocenters. The SMILES string of the molecule is N#Cc1ccc(NCC(=O)N2CCC[C@H]2c2nc3ccccc3s2)cc1. The highest BCUT2D eigenvalue weighted by atomic mass is 32.1. The molecular weight excluding hydrogens is 344 g/mol. The lowest BCUT2D eigenvalue weighted by Crippen LogP contribution is -2.35. The molecule has 130 valence electrons. The summed E-state index contributed by atoms with van der Waals surface area (Å²) in [4.78, 5) is 19.4. The van der Waals surface area contributed by atoms with E-state index in [1.165, 1.54) is 0 Å². The van der Waals surface area contributed by atoms with Gasteiger partial charge in [-0.05, 0) is 49.2 Å². The molecule has 0 bridgehead atoms. The molecule has 5 nitrogen and oxygen atoms in total. The lowest BCUT2D eigenvalue weighted by atomic mass is 10.2. The molecule has 0 saturated carbocycles. The van der Waals surface area contributed by atoms with Crippen molar-refractivity contribution in [2.75, 3.05) is 18.4 Å². The number of amides is 1. The van der Waals surface area contributed by atoms with E-state index in [2.05, 4.69) is 17.5 Å². The summed E-state index contributed by atoms with van der Waals surface area (Å²) in [5.41, 5.74) is 2.45. The second-order valence-corrected chi connectivity index (χ2v) is 7.37. The predicted molar refractivity (Wildman–Crippen MR) is 103 cm³/mol. The second kappa shape index (κ2) is 7.14. The second-order valence-electron chi connectivity index (χ2n) is 6.31. The fourth-order valence-corrected chi connectivity index (χ4v) is 4.41. The van der Waals surface area contributed by atoms with Crippen LogP contribution in [0.25, 0.3) is 10.2 Å². The van der Waals surface area contributed by atoms with Crippen LogP contribution in [0.1, 0.15) is 29.5 Å². The molecule has 3 aromatic rings. The predicted octanol–water partition coefficient (Wildman–Crippen LogP) is 3.94. The molecule has 1 aliphatic rings. The number of anilines is 1. The van der Waals surface area contributed by atoms with Gasteiger partial charge in [-0.3, -0.25) is 4.79 Å². The molecule has 1 aliphatic heterocycles. The summed E-state index contributed by atoms with van der Waals surface area (Å²) in [7, 11) is 0. The van der Waals surface area contributed by atoms with Crippen molar-refractivity contribution in [3.05, 3.63) is 59.1 Å². The summed E-state index contributed by atoms with van der Waals surface area (Å²) in [5, 5.41) is 13.0. The van der Waals surface area contributed by atoms with Crippen molar-refractivity contribution in [2.24, 2.45) is 0 Å². The number of carbonyl (C=O) groups excluding carboxylic acids is 1. The van der Waals surface area contributed by atoms with Gasteiger partial charge in [-0.25, -0.2) is 4.98 Å². The van der Waals surface area contributed by atoms with E-state index in [4.69, 9.17) is 10.2 Å². The van der Waals surface area contributed by atoms with Crippen molar-refractivity contribution in [3.8, 4) is 6.07 Å². The van der Waals surface area contributed by atoms with Crippen molar-refractivity contribution in [1.29, 1.82) is 5.26 Å². The summed E-state index contributed by atoms with van der Waals surface area (Å²) in [6.07, 6.45) is 1.96. The molecule has 1 fully saturated rings. The molecule has 1 N–H and O–H groups in total. The molecule has 0 spiro atoms. The molecule has 1 saturated heterocycles. The van der Waals surface area contributed by atoms with Crippen LogP contribution in [0, 0.1) is 11.3 Å². The molecule has 2 aromatic carbocycles. The summed E-state index contributed by atoms with van der Waals surface area (Å²) in [6, 6.07) is 17.4. The van der Waals surface area contributed by atoms with Gasteiger partial charge in [-0.2, -0.15) is 5.26 Å². The summed E-state index contributed by atoms with van der Waals surface area (Å²) in [5.74, 6) is 0.0797.